The Hall–Kier alpha value is -1.06. The molecule has 94 valence electrons. The third-order valence-corrected chi connectivity index (χ3v) is 3.36. The minimum atomic E-state index is 0.569. The molecule has 1 aliphatic rings. The molecule has 1 aromatic carbocycles. The SMILES string of the molecule is CNCC(CC1COC1)c1ccc(OC)cc1. The van der Waals surface area contributed by atoms with E-state index in [2.05, 4.69) is 17.4 Å². The van der Waals surface area contributed by atoms with E-state index in [1.807, 2.05) is 19.2 Å². The lowest BCUT2D eigenvalue weighted by Gasteiger charge is -2.30. The van der Waals surface area contributed by atoms with Crippen LogP contribution in [0.2, 0.25) is 0 Å². The molecular formula is C14H21NO2. The molecule has 1 aliphatic heterocycles. The van der Waals surface area contributed by atoms with Crippen LogP contribution in [0, 0.1) is 5.92 Å². The van der Waals surface area contributed by atoms with E-state index in [0.717, 1.165) is 31.4 Å². The first-order valence-corrected chi connectivity index (χ1v) is 6.19. The number of nitrogens with one attached hydrogen (secondary N) is 1. The summed E-state index contributed by atoms with van der Waals surface area (Å²) in [6.07, 6.45) is 1.20. The van der Waals surface area contributed by atoms with Gasteiger partial charge >= 0.3 is 0 Å². The number of rotatable bonds is 6. The van der Waals surface area contributed by atoms with Gasteiger partial charge in [-0.3, -0.25) is 0 Å². The van der Waals surface area contributed by atoms with Gasteiger partial charge in [-0.05, 0) is 37.1 Å². The van der Waals surface area contributed by atoms with Crippen molar-refractivity contribution in [2.45, 2.75) is 12.3 Å². The molecule has 1 saturated heterocycles. The van der Waals surface area contributed by atoms with Crippen LogP contribution in [0.15, 0.2) is 24.3 Å². The number of likely N-dealkylation sites (N-methyl/N-ethyl adjacent to an activating group) is 1. The highest BCUT2D eigenvalue weighted by Gasteiger charge is 2.23. The predicted octanol–water partition coefficient (Wildman–Crippen LogP) is 2.03. The standard InChI is InChI=1S/C14H21NO2/c1-15-8-13(7-11-9-17-10-11)12-3-5-14(16-2)6-4-12/h3-6,11,13,15H,7-10H2,1-2H3. The summed E-state index contributed by atoms with van der Waals surface area (Å²) in [5, 5.41) is 3.28. The highest BCUT2D eigenvalue weighted by atomic mass is 16.5. The molecule has 1 unspecified atom stereocenters. The van der Waals surface area contributed by atoms with Gasteiger partial charge < -0.3 is 14.8 Å². The minimum absolute atomic E-state index is 0.569. The Bertz CT molecular complexity index is 333. The van der Waals surface area contributed by atoms with Crippen LogP contribution in [-0.2, 0) is 4.74 Å². The van der Waals surface area contributed by atoms with Gasteiger partial charge in [-0.25, -0.2) is 0 Å². The zero-order valence-corrected chi connectivity index (χ0v) is 10.6. The largest absolute Gasteiger partial charge is 0.497 e. The third kappa shape index (κ3) is 3.20. The minimum Gasteiger partial charge on any atom is -0.497 e. The molecule has 0 radical (unpaired) electrons. The monoisotopic (exact) mass is 235 g/mol. The summed E-state index contributed by atoms with van der Waals surface area (Å²) >= 11 is 0. The van der Waals surface area contributed by atoms with Crippen molar-refractivity contribution in [3.8, 4) is 5.75 Å². The zero-order chi connectivity index (χ0) is 12.1. The summed E-state index contributed by atoms with van der Waals surface area (Å²) in [5.74, 6) is 2.22. The molecule has 1 aromatic rings. The molecule has 2 rings (SSSR count). The molecule has 0 amide bonds. The van der Waals surface area contributed by atoms with Gasteiger partial charge in [-0.2, -0.15) is 0 Å². The average Bonchev–Trinajstić information content (AvgIpc) is 2.32. The number of hydrogen-bond donors (Lipinski definition) is 1. The lowest BCUT2D eigenvalue weighted by Crippen LogP contribution is -2.31. The van der Waals surface area contributed by atoms with Gasteiger partial charge in [-0.1, -0.05) is 12.1 Å². The van der Waals surface area contributed by atoms with Gasteiger partial charge in [-0.15, -0.1) is 0 Å². The van der Waals surface area contributed by atoms with Crippen LogP contribution in [-0.4, -0.2) is 33.9 Å². The molecular weight excluding hydrogens is 214 g/mol. The maximum Gasteiger partial charge on any atom is 0.118 e. The van der Waals surface area contributed by atoms with Gasteiger partial charge in [0.1, 0.15) is 5.75 Å². The van der Waals surface area contributed by atoms with Crippen LogP contribution in [0.5, 0.6) is 5.75 Å². The fourth-order valence-corrected chi connectivity index (χ4v) is 2.28. The molecule has 0 spiro atoms. The molecule has 1 heterocycles. The topological polar surface area (TPSA) is 30.5 Å². The Balaban J connectivity index is 2.01. The quantitative estimate of drug-likeness (QED) is 0.818. The first-order valence-electron chi connectivity index (χ1n) is 6.19. The van der Waals surface area contributed by atoms with Gasteiger partial charge in [0, 0.05) is 12.5 Å². The Morgan fingerprint density at radius 1 is 1.35 bits per heavy atom. The lowest BCUT2D eigenvalue weighted by molar-refractivity contribution is -0.0384. The number of benzene rings is 1. The van der Waals surface area contributed by atoms with E-state index in [4.69, 9.17) is 9.47 Å². The maximum atomic E-state index is 5.25. The van der Waals surface area contributed by atoms with Gasteiger partial charge in [0.15, 0.2) is 0 Å². The van der Waals surface area contributed by atoms with Crippen molar-refractivity contribution >= 4 is 0 Å². The van der Waals surface area contributed by atoms with Gasteiger partial charge in [0.25, 0.3) is 0 Å². The molecule has 0 aliphatic carbocycles. The van der Waals surface area contributed by atoms with E-state index in [9.17, 15) is 0 Å². The van der Waals surface area contributed by atoms with Crippen LogP contribution < -0.4 is 10.1 Å². The summed E-state index contributed by atoms with van der Waals surface area (Å²) in [7, 11) is 3.71. The molecule has 17 heavy (non-hydrogen) atoms. The summed E-state index contributed by atoms with van der Waals surface area (Å²) in [4.78, 5) is 0. The molecule has 0 saturated carbocycles. The normalized spacial score (nSPS) is 17.5. The Kier molecular flexibility index (Phi) is 4.40. The predicted molar refractivity (Wildman–Crippen MR) is 68.6 cm³/mol. The Labute approximate surface area is 103 Å². The second kappa shape index (κ2) is 6.03. The van der Waals surface area contributed by atoms with E-state index in [1.54, 1.807) is 7.11 Å². The van der Waals surface area contributed by atoms with Crippen LogP contribution in [0.4, 0.5) is 0 Å². The summed E-state index contributed by atoms with van der Waals surface area (Å²) < 4.78 is 10.4. The first kappa shape index (κ1) is 12.4. The molecule has 0 bridgehead atoms. The second-order valence-electron chi connectivity index (χ2n) is 4.67. The maximum absolute atomic E-state index is 5.25. The second-order valence-corrected chi connectivity index (χ2v) is 4.67. The Morgan fingerprint density at radius 2 is 2.06 bits per heavy atom. The van der Waals surface area contributed by atoms with Crippen LogP contribution in [0.25, 0.3) is 0 Å². The number of hydrogen-bond acceptors (Lipinski definition) is 3. The van der Waals surface area contributed by atoms with Crippen molar-refractivity contribution in [3.63, 3.8) is 0 Å². The van der Waals surface area contributed by atoms with Gasteiger partial charge in [0.2, 0.25) is 0 Å². The molecule has 0 aromatic heterocycles. The van der Waals surface area contributed by atoms with Crippen molar-refractivity contribution in [1.82, 2.24) is 5.32 Å². The van der Waals surface area contributed by atoms with Crippen LogP contribution in [0.1, 0.15) is 17.9 Å². The van der Waals surface area contributed by atoms with E-state index in [-0.39, 0.29) is 0 Å². The molecule has 1 fully saturated rings. The third-order valence-electron chi connectivity index (χ3n) is 3.36. The van der Waals surface area contributed by atoms with Crippen molar-refractivity contribution in [1.29, 1.82) is 0 Å². The summed E-state index contributed by atoms with van der Waals surface area (Å²) in [5.41, 5.74) is 1.38. The fraction of sp³-hybridized carbons (Fsp3) is 0.571. The first-order chi connectivity index (χ1) is 8.33. The highest BCUT2D eigenvalue weighted by Crippen LogP contribution is 2.28. The smallest absolute Gasteiger partial charge is 0.118 e. The van der Waals surface area contributed by atoms with Crippen molar-refractivity contribution in [2.24, 2.45) is 5.92 Å². The summed E-state index contributed by atoms with van der Waals surface area (Å²) in [6, 6.07) is 8.41. The number of methoxy groups -OCH3 is 1. The molecule has 3 nitrogen and oxygen atoms in total. The molecule has 1 atom stereocenters. The molecule has 1 N–H and O–H groups in total. The van der Waals surface area contributed by atoms with E-state index in [1.165, 1.54) is 12.0 Å². The molecule has 3 heteroatoms. The van der Waals surface area contributed by atoms with Gasteiger partial charge in [0.05, 0.1) is 20.3 Å². The fourth-order valence-electron chi connectivity index (χ4n) is 2.28. The number of ether oxygens (including phenoxy) is 2. The van der Waals surface area contributed by atoms with Crippen LogP contribution in [0.3, 0.4) is 0 Å². The highest BCUT2D eigenvalue weighted by molar-refractivity contribution is 5.29. The van der Waals surface area contributed by atoms with Crippen molar-refractivity contribution < 1.29 is 9.47 Å². The lowest BCUT2D eigenvalue weighted by atomic mass is 9.88. The zero-order valence-electron chi connectivity index (χ0n) is 10.6. The summed E-state index contributed by atoms with van der Waals surface area (Å²) in [6.45, 7) is 2.87. The van der Waals surface area contributed by atoms with Crippen LogP contribution >= 0.6 is 0 Å². The van der Waals surface area contributed by atoms with Crippen molar-refractivity contribution in [3.05, 3.63) is 29.8 Å². The van der Waals surface area contributed by atoms with E-state index < -0.39 is 0 Å². The Morgan fingerprint density at radius 3 is 2.53 bits per heavy atom. The average molecular weight is 235 g/mol. The van der Waals surface area contributed by atoms with E-state index >= 15 is 0 Å². The van der Waals surface area contributed by atoms with E-state index in [0.29, 0.717) is 5.92 Å². The van der Waals surface area contributed by atoms with Crippen molar-refractivity contribution in [2.75, 3.05) is 33.9 Å².